The summed E-state index contributed by atoms with van der Waals surface area (Å²) in [5.74, 6) is -0.695. The Morgan fingerprint density at radius 1 is 1.20 bits per heavy atom. The first-order valence-electron chi connectivity index (χ1n) is 5.96. The maximum Gasteiger partial charge on any atom is 0.362 e. The van der Waals surface area contributed by atoms with Gasteiger partial charge in [0, 0.05) is 28.9 Å². The number of pyridine rings is 1. The van der Waals surface area contributed by atoms with Crippen LogP contribution < -0.4 is 0 Å². The number of rotatable bonds is 3. The molecule has 5 heteroatoms. The van der Waals surface area contributed by atoms with Gasteiger partial charge < -0.3 is 9.72 Å². The van der Waals surface area contributed by atoms with Crippen LogP contribution in [0.5, 0.6) is 0 Å². The standard InChI is InChI=1S/C15H10N2O3/c18-9-20-15(19)14-7-11-4-3-10(6-13(11)17-14)12-2-1-5-16-8-12/h1-9,17H. The summed E-state index contributed by atoms with van der Waals surface area (Å²) in [4.78, 5) is 28.7. The first kappa shape index (κ1) is 12.1. The summed E-state index contributed by atoms with van der Waals surface area (Å²) in [6.07, 6.45) is 3.48. The molecule has 1 aromatic carbocycles. The molecule has 0 fully saturated rings. The van der Waals surface area contributed by atoms with Crippen molar-refractivity contribution in [2.75, 3.05) is 0 Å². The van der Waals surface area contributed by atoms with Gasteiger partial charge in [-0.1, -0.05) is 18.2 Å². The highest BCUT2D eigenvalue weighted by atomic mass is 16.6. The van der Waals surface area contributed by atoms with Gasteiger partial charge in [0.2, 0.25) is 0 Å². The predicted molar refractivity (Wildman–Crippen MR) is 73.0 cm³/mol. The van der Waals surface area contributed by atoms with Crippen LogP contribution in [-0.4, -0.2) is 22.4 Å². The second-order valence-electron chi connectivity index (χ2n) is 4.23. The molecule has 0 saturated carbocycles. The number of esters is 1. The minimum atomic E-state index is -0.695. The quantitative estimate of drug-likeness (QED) is 0.449. The fraction of sp³-hybridized carbons (Fsp3) is 0. The van der Waals surface area contributed by atoms with Gasteiger partial charge in [-0.3, -0.25) is 9.78 Å². The van der Waals surface area contributed by atoms with Gasteiger partial charge in [0.05, 0.1) is 0 Å². The molecule has 0 radical (unpaired) electrons. The van der Waals surface area contributed by atoms with Crippen molar-refractivity contribution < 1.29 is 14.3 Å². The topological polar surface area (TPSA) is 72.1 Å². The molecule has 0 aliphatic carbocycles. The maximum atomic E-state index is 11.5. The molecule has 0 spiro atoms. The number of benzene rings is 1. The van der Waals surface area contributed by atoms with E-state index in [1.807, 2.05) is 30.3 Å². The molecular formula is C15H10N2O3. The van der Waals surface area contributed by atoms with Crippen molar-refractivity contribution in [3.63, 3.8) is 0 Å². The highest BCUT2D eigenvalue weighted by Crippen LogP contribution is 2.24. The minimum absolute atomic E-state index is 0.120. The summed E-state index contributed by atoms with van der Waals surface area (Å²) in [5.41, 5.74) is 3.02. The normalized spacial score (nSPS) is 10.4. The van der Waals surface area contributed by atoms with Crippen LogP contribution in [0.15, 0.2) is 48.8 Å². The van der Waals surface area contributed by atoms with Crippen molar-refractivity contribution in [1.82, 2.24) is 9.97 Å². The molecule has 0 saturated heterocycles. The highest BCUT2D eigenvalue weighted by molar-refractivity contribution is 5.97. The Hall–Kier alpha value is -2.95. The number of hydrogen-bond donors (Lipinski definition) is 1. The zero-order valence-corrected chi connectivity index (χ0v) is 10.4. The van der Waals surface area contributed by atoms with Crippen LogP contribution in [0, 0.1) is 0 Å². The number of nitrogens with one attached hydrogen (secondary N) is 1. The monoisotopic (exact) mass is 266 g/mol. The Morgan fingerprint density at radius 2 is 2.10 bits per heavy atom. The summed E-state index contributed by atoms with van der Waals surface area (Å²) in [6, 6.07) is 11.2. The number of carbonyl (C=O) groups excluding carboxylic acids is 2. The van der Waals surface area contributed by atoms with Crippen LogP contribution in [0.4, 0.5) is 0 Å². The van der Waals surface area contributed by atoms with Gasteiger partial charge in [-0.05, 0) is 23.8 Å². The van der Waals surface area contributed by atoms with E-state index in [0.717, 1.165) is 22.0 Å². The summed E-state index contributed by atoms with van der Waals surface area (Å²) in [6.45, 7) is 0.120. The number of aromatic amines is 1. The second-order valence-corrected chi connectivity index (χ2v) is 4.23. The lowest BCUT2D eigenvalue weighted by Crippen LogP contribution is -2.03. The van der Waals surface area contributed by atoms with E-state index >= 15 is 0 Å². The zero-order chi connectivity index (χ0) is 13.9. The van der Waals surface area contributed by atoms with Crippen molar-refractivity contribution in [3.05, 3.63) is 54.5 Å². The first-order valence-corrected chi connectivity index (χ1v) is 5.96. The van der Waals surface area contributed by atoms with E-state index in [9.17, 15) is 9.59 Å². The molecule has 0 amide bonds. The highest BCUT2D eigenvalue weighted by Gasteiger charge is 2.11. The fourth-order valence-corrected chi connectivity index (χ4v) is 2.06. The molecular weight excluding hydrogens is 256 g/mol. The molecule has 0 unspecified atom stereocenters. The van der Waals surface area contributed by atoms with Crippen LogP contribution in [-0.2, 0) is 9.53 Å². The Labute approximate surface area is 114 Å². The minimum Gasteiger partial charge on any atom is -0.391 e. The Morgan fingerprint density at radius 3 is 2.85 bits per heavy atom. The molecule has 98 valence electrons. The first-order chi connectivity index (χ1) is 9.78. The van der Waals surface area contributed by atoms with E-state index < -0.39 is 5.97 Å². The fourth-order valence-electron chi connectivity index (χ4n) is 2.06. The van der Waals surface area contributed by atoms with Gasteiger partial charge in [0.25, 0.3) is 0 Å². The molecule has 0 atom stereocenters. The molecule has 0 aliphatic heterocycles. The summed E-state index contributed by atoms with van der Waals surface area (Å²) < 4.78 is 4.31. The third-order valence-corrected chi connectivity index (χ3v) is 2.99. The maximum absolute atomic E-state index is 11.5. The van der Waals surface area contributed by atoms with Gasteiger partial charge in [0.15, 0.2) is 0 Å². The summed E-state index contributed by atoms with van der Waals surface area (Å²) >= 11 is 0. The van der Waals surface area contributed by atoms with Crippen molar-refractivity contribution in [2.45, 2.75) is 0 Å². The Balaban J connectivity index is 2.04. The van der Waals surface area contributed by atoms with Crippen LogP contribution >= 0.6 is 0 Å². The lowest BCUT2D eigenvalue weighted by Gasteiger charge is -2.00. The van der Waals surface area contributed by atoms with E-state index in [1.54, 1.807) is 18.5 Å². The van der Waals surface area contributed by atoms with Crippen LogP contribution in [0.1, 0.15) is 10.5 Å². The average Bonchev–Trinajstić information content (AvgIpc) is 2.91. The van der Waals surface area contributed by atoms with Gasteiger partial charge >= 0.3 is 12.4 Å². The van der Waals surface area contributed by atoms with E-state index in [1.165, 1.54) is 0 Å². The number of nitrogens with zero attached hydrogens (tertiary/aromatic N) is 1. The van der Waals surface area contributed by atoms with Gasteiger partial charge in [0.1, 0.15) is 5.69 Å². The van der Waals surface area contributed by atoms with Crippen LogP contribution in [0.25, 0.3) is 22.0 Å². The number of hydrogen-bond acceptors (Lipinski definition) is 4. The summed E-state index contributed by atoms with van der Waals surface area (Å²) in [5, 5.41) is 0.871. The average molecular weight is 266 g/mol. The molecule has 2 heterocycles. The molecule has 2 aromatic heterocycles. The zero-order valence-electron chi connectivity index (χ0n) is 10.4. The Kier molecular flexibility index (Phi) is 3.01. The molecule has 3 aromatic rings. The second kappa shape index (κ2) is 4.97. The van der Waals surface area contributed by atoms with Gasteiger partial charge in [-0.2, -0.15) is 0 Å². The van der Waals surface area contributed by atoms with Gasteiger partial charge in [-0.25, -0.2) is 4.79 Å². The van der Waals surface area contributed by atoms with Gasteiger partial charge in [-0.15, -0.1) is 0 Å². The lowest BCUT2D eigenvalue weighted by atomic mass is 10.1. The molecule has 0 bridgehead atoms. The smallest absolute Gasteiger partial charge is 0.362 e. The third-order valence-electron chi connectivity index (χ3n) is 2.99. The van der Waals surface area contributed by atoms with E-state index in [2.05, 4.69) is 14.7 Å². The molecule has 1 N–H and O–H groups in total. The number of H-pyrrole nitrogens is 1. The molecule has 5 nitrogen and oxygen atoms in total. The van der Waals surface area contributed by atoms with Crippen molar-refractivity contribution in [3.8, 4) is 11.1 Å². The molecule has 20 heavy (non-hydrogen) atoms. The van der Waals surface area contributed by atoms with Crippen molar-refractivity contribution in [1.29, 1.82) is 0 Å². The van der Waals surface area contributed by atoms with E-state index in [-0.39, 0.29) is 12.2 Å². The van der Waals surface area contributed by atoms with E-state index in [4.69, 9.17) is 0 Å². The molecule has 3 rings (SSSR count). The summed E-state index contributed by atoms with van der Waals surface area (Å²) in [7, 11) is 0. The Bertz CT molecular complexity index is 778. The number of ether oxygens (including phenoxy) is 1. The predicted octanol–water partition coefficient (Wildman–Crippen LogP) is 2.54. The van der Waals surface area contributed by atoms with Crippen LogP contribution in [0.2, 0.25) is 0 Å². The number of fused-ring (bicyclic) bond motifs is 1. The number of carbonyl (C=O) groups is 2. The van der Waals surface area contributed by atoms with E-state index in [0.29, 0.717) is 0 Å². The molecule has 0 aliphatic rings. The largest absolute Gasteiger partial charge is 0.391 e. The van der Waals surface area contributed by atoms with Crippen LogP contribution in [0.3, 0.4) is 0 Å². The third kappa shape index (κ3) is 2.16. The van der Waals surface area contributed by atoms with Crippen molar-refractivity contribution in [2.24, 2.45) is 0 Å². The number of aromatic nitrogens is 2. The SMILES string of the molecule is O=COC(=O)c1cc2ccc(-c3cccnc3)cc2[nH]1. The lowest BCUT2D eigenvalue weighted by molar-refractivity contribution is -0.123. The van der Waals surface area contributed by atoms with Crippen molar-refractivity contribution >= 4 is 23.3 Å².